The highest BCUT2D eigenvalue weighted by Gasteiger charge is 2.23. The largest absolute Gasteiger partial charge is 0.352 e. The summed E-state index contributed by atoms with van der Waals surface area (Å²) in [7, 11) is 0. The third-order valence-corrected chi connectivity index (χ3v) is 4.10. The van der Waals surface area contributed by atoms with Crippen LogP contribution in [0.25, 0.3) is 0 Å². The maximum atomic E-state index is 12.8. The maximum absolute atomic E-state index is 12.8. The van der Waals surface area contributed by atoms with Gasteiger partial charge in [0.05, 0.1) is 6.42 Å². The summed E-state index contributed by atoms with van der Waals surface area (Å²) in [6.07, 6.45) is 6.34. The molecule has 0 bridgehead atoms. The Balaban J connectivity index is 1.86. The Labute approximate surface area is 119 Å². The van der Waals surface area contributed by atoms with Crippen molar-refractivity contribution in [1.82, 2.24) is 5.32 Å². The topological polar surface area (TPSA) is 55.1 Å². The molecule has 3 nitrogen and oxygen atoms in total. The van der Waals surface area contributed by atoms with Gasteiger partial charge in [-0.1, -0.05) is 31.4 Å². The smallest absolute Gasteiger partial charge is 0.224 e. The van der Waals surface area contributed by atoms with Crippen LogP contribution in [0.2, 0.25) is 0 Å². The number of rotatable bonds is 5. The SMILES string of the molecule is NCC(NC(=O)Cc1ccc(F)cc1)C1CCCCC1. The second-order valence-electron chi connectivity index (χ2n) is 5.61. The molecule has 2 rings (SSSR count). The number of amides is 1. The van der Waals surface area contributed by atoms with Crippen LogP contribution in [0.15, 0.2) is 24.3 Å². The third-order valence-electron chi connectivity index (χ3n) is 4.10. The molecule has 0 aromatic heterocycles. The van der Waals surface area contributed by atoms with Gasteiger partial charge in [-0.15, -0.1) is 0 Å². The molecule has 1 aromatic carbocycles. The molecule has 1 unspecified atom stereocenters. The molecule has 3 N–H and O–H groups in total. The lowest BCUT2D eigenvalue weighted by Gasteiger charge is -2.30. The van der Waals surface area contributed by atoms with E-state index in [4.69, 9.17) is 5.73 Å². The number of halogens is 1. The van der Waals surface area contributed by atoms with Crippen molar-refractivity contribution in [2.45, 2.75) is 44.6 Å². The summed E-state index contributed by atoms with van der Waals surface area (Å²) in [5, 5.41) is 3.04. The Morgan fingerprint density at radius 1 is 1.25 bits per heavy atom. The van der Waals surface area contributed by atoms with E-state index in [0.717, 1.165) is 18.4 Å². The van der Waals surface area contributed by atoms with Crippen molar-refractivity contribution < 1.29 is 9.18 Å². The molecule has 0 heterocycles. The minimum absolute atomic E-state index is 0.0300. The van der Waals surface area contributed by atoms with Crippen LogP contribution in [0.3, 0.4) is 0 Å². The second kappa shape index (κ2) is 7.39. The van der Waals surface area contributed by atoms with Gasteiger partial charge in [0.25, 0.3) is 0 Å². The van der Waals surface area contributed by atoms with Gasteiger partial charge in [-0.05, 0) is 36.5 Å². The Morgan fingerprint density at radius 2 is 1.90 bits per heavy atom. The van der Waals surface area contributed by atoms with Gasteiger partial charge in [0, 0.05) is 12.6 Å². The molecule has 4 heteroatoms. The van der Waals surface area contributed by atoms with Gasteiger partial charge < -0.3 is 11.1 Å². The quantitative estimate of drug-likeness (QED) is 0.869. The third kappa shape index (κ3) is 4.30. The van der Waals surface area contributed by atoms with Crippen molar-refractivity contribution in [2.75, 3.05) is 6.54 Å². The molecule has 0 radical (unpaired) electrons. The predicted molar refractivity (Wildman–Crippen MR) is 77.7 cm³/mol. The summed E-state index contributed by atoms with van der Waals surface area (Å²) in [4.78, 5) is 12.0. The standard InChI is InChI=1S/C16H23FN2O/c17-14-8-6-12(7-9-14)10-16(20)19-15(11-18)13-4-2-1-3-5-13/h6-9,13,15H,1-5,10-11,18H2,(H,19,20). The van der Waals surface area contributed by atoms with E-state index in [9.17, 15) is 9.18 Å². The highest BCUT2D eigenvalue weighted by molar-refractivity contribution is 5.78. The first kappa shape index (κ1) is 15.0. The summed E-state index contributed by atoms with van der Waals surface area (Å²) in [5.41, 5.74) is 6.62. The zero-order chi connectivity index (χ0) is 14.4. The first-order valence-electron chi connectivity index (χ1n) is 7.43. The van der Waals surface area contributed by atoms with Gasteiger partial charge in [0.1, 0.15) is 5.82 Å². The Hall–Kier alpha value is -1.42. The maximum Gasteiger partial charge on any atom is 0.224 e. The van der Waals surface area contributed by atoms with Gasteiger partial charge >= 0.3 is 0 Å². The first-order chi connectivity index (χ1) is 9.69. The Bertz CT molecular complexity index is 427. The molecule has 1 aliphatic rings. The fourth-order valence-electron chi connectivity index (χ4n) is 2.95. The molecule has 110 valence electrons. The number of hydrogen-bond acceptors (Lipinski definition) is 2. The number of nitrogens with two attached hydrogens (primary N) is 1. The minimum Gasteiger partial charge on any atom is -0.352 e. The van der Waals surface area contributed by atoms with Crippen LogP contribution in [-0.2, 0) is 11.2 Å². The lowest BCUT2D eigenvalue weighted by Crippen LogP contribution is -2.46. The summed E-state index contributed by atoms with van der Waals surface area (Å²) in [6.45, 7) is 0.486. The van der Waals surface area contributed by atoms with E-state index < -0.39 is 0 Å². The van der Waals surface area contributed by atoms with Gasteiger partial charge in [-0.25, -0.2) is 4.39 Å². The molecular formula is C16H23FN2O. The van der Waals surface area contributed by atoms with E-state index in [-0.39, 0.29) is 24.2 Å². The van der Waals surface area contributed by atoms with Crippen LogP contribution < -0.4 is 11.1 Å². The first-order valence-corrected chi connectivity index (χ1v) is 7.43. The summed E-state index contributed by atoms with van der Waals surface area (Å²) in [6, 6.07) is 6.12. The molecule has 20 heavy (non-hydrogen) atoms. The van der Waals surface area contributed by atoms with Crippen molar-refractivity contribution in [3.8, 4) is 0 Å². The van der Waals surface area contributed by atoms with Crippen molar-refractivity contribution in [1.29, 1.82) is 0 Å². The van der Waals surface area contributed by atoms with Crippen LogP contribution in [0.1, 0.15) is 37.7 Å². The summed E-state index contributed by atoms with van der Waals surface area (Å²) < 4.78 is 12.8. The number of carbonyl (C=O) groups is 1. The van der Waals surface area contributed by atoms with Crippen molar-refractivity contribution in [3.63, 3.8) is 0 Å². The Kier molecular flexibility index (Phi) is 5.53. The number of carbonyl (C=O) groups excluding carboxylic acids is 1. The van der Waals surface area contributed by atoms with E-state index in [0.29, 0.717) is 12.5 Å². The summed E-state index contributed by atoms with van der Waals surface area (Å²) in [5.74, 6) is 0.194. The van der Waals surface area contributed by atoms with E-state index in [2.05, 4.69) is 5.32 Å². The molecule has 1 atom stereocenters. The molecular weight excluding hydrogens is 255 g/mol. The highest BCUT2D eigenvalue weighted by Crippen LogP contribution is 2.26. The molecule has 1 fully saturated rings. The van der Waals surface area contributed by atoms with E-state index in [1.807, 2.05) is 0 Å². The zero-order valence-corrected chi connectivity index (χ0v) is 11.8. The molecule has 1 aliphatic carbocycles. The minimum atomic E-state index is -0.281. The fourth-order valence-corrected chi connectivity index (χ4v) is 2.95. The van der Waals surface area contributed by atoms with Crippen LogP contribution in [-0.4, -0.2) is 18.5 Å². The fraction of sp³-hybridized carbons (Fsp3) is 0.562. The molecule has 0 spiro atoms. The Morgan fingerprint density at radius 3 is 2.50 bits per heavy atom. The molecule has 1 saturated carbocycles. The lowest BCUT2D eigenvalue weighted by molar-refractivity contribution is -0.121. The van der Waals surface area contributed by atoms with Crippen LogP contribution in [0, 0.1) is 11.7 Å². The monoisotopic (exact) mass is 278 g/mol. The van der Waals surface area contributed by atoms with Crippen LogP contribution in [0.5, 0.6) is 0 Å². The average Bonchev–Trinajstić information content (AvgIpc) is 2.48. The lowest BCUT2D eigenvalue weighted by atomic mass is 9.84. The number of benzene rings is 1. The van der Waals surface area contributed by atoms with Gasteiger partial charge in [0.2, 0.25) is 5.91 Å². The van der Waals surface area contributed by atoms with E-state index in [1.54, 1.807) is 12.1 Å². The average molecular weight is 278 g/mol. The van der Waals surface area contributed by atoms with Crippen molar-refractivity contribution in [2.24, 2.45) is 11.7 Å². The highest BCUT2D eigenvalue weighted by atomic mass is 19.1. The number of hydrogen-bond donors (Lipinski definition) is 2. The second-order valence-corrected chi connectivity index (χ2v) is 5.61. The molecule has 0 saturated heterocycles. The van der Waals surface area contributed by atoms with E-state index in [1.165, 1.54) is 31.4 Å². The van der Waals surface area contributed by atoms with Gasteiger partial charge in [-0.2, -0.15) is 0 Å². The normalized spacial score (nSPS) is 17.7. The van der Waals surface area contributed by atoms with Gasteiger partial charge in [-0.3, -0.25) is 4.79 Å². The molecule has 1 aromatic rings. The van der Waals surface area contributed by atoms with Crippen LogP contribution >= 0.6 is 0 Å². The number of nitrogens with one attached hydrogen (secondary N) is 1. The van der Waals surface area contributed by atoms with Crippen LogP contribution in [0.4, 0.5) is 4.39 Å². The van der Waals surface area contributed by atoms with Gasteiger partial charge in [0.15, 0.2) is 0 Å². The van der Waals surface area contributed by atoms with Crippen molar-refractivity contribution >= 4 is 5.91 Å². The van der Waals surface area contributed by atoms with Crippen molar-refractivity contribution in [3.05, 3.63) is 35.6 Å². The molecule has 1 amide bonds. The van der Waals surface area contributed by atoms with E-state index >= 15 is 0 Å². The predicted octanol–water partition coefficient (Wildman–Crippen LogP) is 2.39. The molecule has 0 aliphatic heterocycles. The summed E-state index contributed by atoms with van der Waals surface area (Å²) >= 11 is 0. The zero-order valence-electron chi connectivity index (χ0n) is 11.8.